The molecule has 198 valence electrons. The highest BCUT2D eigenvalue weighted by molar-refractivity contribution is 5.79. The van der Waals surface area contributed by atoms with Crippen LogP contribution >= 0.6 is 0 Å². The molecule has 0 unspecified atom stereocenters. The van der Waals surface area contributed by atoms with Gasteiger partial charge in [0.2, 0.25) is 5.89 Å². The summed E-state index contributed by atoms with van der Waals surface area (Å²) in [6, 6.07) is 26.1. The molecule has 1 aromatic heterocycles. The molecule has 0 saturated heterocycles. The lowest BCUT2D eigenvalue weighted by atomic mass is 10.0. The minimum absolute atomic E-state index is 0.312. The van der Waals surface area contributed by atoms with Gasteiger partial charge < -0.3 is 18.6 Å². The van der Waals surface area contributed by atoms with Crippen molar-refractivity contribution in [3.63, 3.8) is 0 Å². The van der Waals surface area contributed by atoms with Gasteiger partial charge in [-0.3, -0.25) is 0 Å². The van der Waals surface area contributed by atoms with Gasteiger partial charge in [0.15, 0.2) is 5.60 Å². The first-order valence-electron chi connectivity index (χ1n) is 13.0. The zero-order chi connectivity index (χ0) is 27.0. The zero-order valence-corrected chi connectivity index (χ0v) is 22.5. The maximum Gasteiger partial charge on any atom is 0.349 e. The number of aryl methyl sites for hydroxylation is 3. The summed E-state index contributed by atoms with van der Waals surface area (Å²) in [5.74, 6) is 2.29. The van der Waals surface area contributed by atoms with Crippen molar-refractivity contribution in [2.75, 3.05) is 13.2 Å². The van der Waals surface area contributed by atoms with E-state index in [0.717, 1.165) is 29.9 Å². The number of nitrogens with zero attached hydrogens (tertiary/aromatic N) is 1. The Kier molecular flexibility index (Phi) is 8.85. The Morgan fingerprint density at radius 2 is 1.47 bits per heavy atom. The van der Waals surface area contributed by atoms with Crippen molar-refractivity contribution >= 4 is 5.97 Å². The predicted molar refractivity (Wildman–Crippen MR) is 148 cm³/mol. The molecule has 0 radical (unpaired) electrons. The van der Waals surface area contributed by atoms with E-state index in [1.54, 1.807) is 32.9 Å². The molecule has 0 atom stereocenters. The summed E-state index contributed by atoms with van der Waals surface area (Å²) in [6.45, 7) is 7.84. The lowest BCUT2D eigenvalue weighted by molar-refractivity contribution is -0.158. The van der Waals surface area contributed by atoms with Crippen LogP contribution in [0.3, 0.4) is 0 Å². The van der Waals surface area contributed by atoms with Gasteiger partial charge in [-0.15, -0.1) is 0 Å². The third-order valence-electron chi connectivity index (χ3n) is 6.21. The summed E-state index contributed by atoms with van der Waals surface area (Å²) in [5.41, 5.74) is 3.40. The largest absolute Gasteiger partial charge is 0.493 e. The Morgan fingerprint density at radius 3 is 2.13 bits per heavy atom. The highest BCUT2D eigenvalue weighted by Gasteiger charge is 2.31. The van der Waals surface area contributed by atoms with Gasteiger partial charge in [-0.1, -0.05) is 42.5 Å². The number of carbonyl (C=O) groups excluding carboxylic acids is 1. The van der Waals surface area contributed by atoms with Crippen LogP contribution in [-0.2, 0) is 28.8 Å². The number of ether oxygens (including phenoxy) is 3. The number of benzene rings is 3. The van der Waals surface area contributed by atoms with Gasteiger partial charge in [0.05, 0.1) is 18.9 Å². The molecule has 3 aromatic carbocycles. The quantitative estimate of drug-likeness (QED) is 0.195. The summed E-state index contributed by atoms with van der Waals surface area (Å²) in [5, 5.41) is 0. The Hall–Kier alpha value is -4.06. The fraction of sp³-hybridized carbons (Fsp3) is 0.312. The monoisotopic (exact) mass is 513 g/mol. The topological polar surface area (TPSA) is 70.8 Å². The number of esters is 1. The van der Waals surface area contributed by atoms with E-state index in [1.165, 1.54) is 11.1 Å². The molecule has 0 amide bonds. The van der Waals surface area contributed by atoms with Crippen molar-refractivity contribution in [1.29, 1.82) is 0 Å². The average molecular weight is 514 g/mol. The van der Waals surface area contributed by atoms with Crippen molar-refractivity contribution in [3.8, 4) is 23.0 Å². The third kappa shape index (κ3) is 7.25. The van der Waals surface area contributed by atoms with Crippen molar-refractivity contribution in [3.05, 3.63) is 101 Å². The van der Waals surface area contributed by atoms with E-state index in [1.807, 2.05) is 25.1 Å². The summed E-state index contributed by atoms with van der Waals surface area (Å²) in [4.78, 5) is 16.7. The molecule has 6 nitrogen and oxygen atoms in total. The second-order valence-electron chi connectivity index (χ2n) is 9.61. The number of aromatic nitrogens is 1. The standard InChI is InChI=1S/C32H35NO5/c1-5-35-31(34)32(3,4)38-28-19-17-27(18-20-28)36-22-21-29-23(2)37-30(33-29)26-15-13-25(14-16-26)12-11-24-9-7-6-8-10-24/h6-10,13-20H,5,11-12,21-22H2,1-4H3. The first kappa shape index (κ1) is 27.0. The molecule has 6 heteroatoms. The van der Waals surface area contributed by atoms with Gasteiger partial charge in [0, 0.05) is 12.0 Å². The van der Waals surface area contributed by atoms with E-state index in [9.17, 15) is 4.79 Å². The van der Waals surface area contributed by atoms with Gasteiger partial charge in [-0.05, 0) is 88.1 Å². The SMILES string of the molecule is CCOC(=O)C(C)(C)Oc1ccc(OCCc2nc(-c3ccc(CCc4ccccc4)cc3)oc2C)cc1. The van der Waals surface area contributed by atoms with Crippen LogP contribution in [0.5, 0.6) is 11.5 Å². The molecule has 0 N–H and O–H groups in total. The molecule has 0 aliphatic rings. The number of hydrogen-bond donors (Lipinski definition) is 0. The Balaban J connectivity index is 1.28. The Labute approximate surface area is 224 Å². The maximum absolute atomic E-state index is 12.0. The van der Waals surface area contributed by atoms with E-state index in [0.29, 0.717) is 37.0 Å². The van der Waals surface area contributed by atoms with Crippen molar-refractivity contribution in [2.24, 2.45) is 0 Å². The number of hydrogen-bond acceptors (Lipinski definition) is 6. The molecule has 0 aliphatic carbocycles. The third-order valence-corrected chi connectivity index (χ3v) is 6.21. The van der Waals surface area contributed by atoms with Crippen LogP contribution in [0.4, 0.5) is 0 Å². The van der Waals surface area contributed by atoms with Gasteiger partial charge in [-0.25, -0.2) is 9.78 Å². The number of oxazole rings is 1. The van der Waals surface area contributed by atoms with Crippen LogP contribution in [0, 0.1) is 6.92 Å². The van der Waals surface area contributed by atoms with Crippen LogP contribution < -0.4 is 9.47 Å². The second-order valence-corrected chi connectivity index (χ2v) is 9.61. The van der Waals surface area contributed by atoms with Crippen molar-refractivity contribution in [2.45, 2.75) is 52.6 Å². The molecule has 0 spiro atoms. The first-order chi connectivity index (χ1) is 18.3. The van der Waals surface area contributed by atoms with Crippen LogP contribution in [0.15, 0.2) is 83.3 Å². The van der Waals surface area contributed by atoms with Gasteiger partial charge in [0.1, 0.15) is 17.3 Å². The Bertz CT molecular complexity index is 1310. The summed E-state index contributed by atoms with van der Waals surface area (Å²) in [6.07, 6.45) is 2.64. The highest BCUT2D eigenvalue weighted by atomic mass is 16.6. The molecule has 4 aromatic rings. The summed E-state index contributed by atoms with van der Waals surface area (Å²) in [7, 11) is 0. The van der Waals surface area contributed by atoms with Crippen LogP contribution in [0.25, 0.3) is 11.5 Å². The molecular formula is C32H35NO5. The van der Waals surface area contributed by atoms with Crippen molar-refractivity contribution in [1.82, 2.24) is 4.98 Å². The number of carbonyl (C=O) groups is 1. The molecule has 38 heavy (non-hydrogen) atoms. The Morgan fingerprint density at radius 1 is 0.842 bits per heavy atom. The molecule has 0 fully saturated rings. The van der Waals surface area contributed by atoms with Crippen molar-refractivity contribution < 1.29 is 23.4 Å². The summed E-state index contributed by atoms with van der Waals surface area (Å²) < 4.78 is 22.7. The molecule has 0 aliphatic heterocycles. The zero-order valence-electron chi connectivity index (χ0n) is 22.5. The second kappa shape index (κ2) is 12.5. The average Bonchev–Trinajstić information content (AvgIpc) is 3.29. The molecule has 0 saturated carbocycles. The van der Waals surface area contributed by atoms with E-state index >= 15 is 0 Å². The van der Waals surface area contributed by atoms with Crippen LogP contribution in [0.1, 0.15) is 43.4 Å². The van der Waals surface area contributed by atoms with E-state index in [4.69, 9.17) is 23.6 Å². The maximum atomic E-state index is 12.0. The van der Waals surface area contributed by atoms with E-state index in [-0.39, 0.29) is 0 Å². The lowest BCUT2D eigenvalue weighted by Gasteiger charge is -2.24. The van der Waals surface area contributed by atoms with Gasteiger partial charge in [0.25, 0.3) is 0 Å². The van der Waals surface area contributed by atoms with Crippen LogP contribution in [-0.4, -0.2) is 29.8 Å². The fourth-order valence-electron chi connectivity index (χ4n) is 4.04. The molecule has 1 heterocycles. The van der Waals surface area contributed by atoms with Gasteiger partial charge >= 0.3 is 5.97 Å². The first-order valence-corrected chi connectivity index (χ1v) is 13.0. The van der Waals surface area contributed by atoms with E-state index < -0.39 is 11.6 Å². The molecular weight excluding hydrogens is 478 g/mol. The normalized spacial score (nSPS) is 11.3. The van der Waals surface area contributed by atoms with Gasteiger partial charge in [-0.2, -0.15) is 0 Å². The smallest absolute Gasteiger partial charge is 0.349 e. The minimum atomic E-state index is -1.07. The fourth-order valence-corrected chi connectivity index (χ4v) is 4.04. The van der Waals surface area contributed by atoms with Crippen LogP contribution in [0.2, 0.25) is 0 Å². The summed E-state index contributed by atoms with van der Waals surface area (Å²) >= 11 is 0. The molecule has 4 rings (SSSR count). The predicted octanol–water partition coefficient (Wildman–Crippen LogP) is 6.78. The lowest BCUT2D eigenvalue weighted by Crippen LogP contribution is -2.39. The van der Waals surface area contributed by atoms with E-state index in [2.05, 4.69) is 48.5 Å². The number of rotatable bonds is 12. The minimum Gasteiger partial charge on any atom is -0.493 e. The highest BCUT2D eigenvalue weighted by Crippen LogP contribution is 2.25. The molecule has 0 bridgehead atoms.